The molecule has 2 heterocycles. The molecule has 2 bridgehead atoms. The molecule has 0 unspecified atom stereocenters. The van der Waals surface area contributed by atoms with Crippen molar-refractivity contribution >= 4 is 23.0 Å². The smallest absolute Gasteiger partial charge is 0.195 e. The second-order valence-corrected chi connectivity index (χ2v) is 7.44. The highest BCUT2D eigenvalue weighted by molar-refractivity contribution is 6.30. The molecule has 2 aromatic rings. The van der Waals surface area contributed by atoms with Gasteiger partial charge in [-0.1, -0.05) is 41.9 Å². The molecule has 0 saturated carbocycles. The van der Waals surface area contributed by atoms with E-state index in [0.29, 0.717) is 23.4 Å². The molecule has 4 heteroatoms. The molecular weight excluding hydrogens is 336 g/mol. The van der Waals surface area contributed by atoms with Crippen molar-refractivity contribution in [2.75, 3.05) is 0 Å². The van der Waals surface area contributed by atoms with Gasteiger partial charge in [-0.25, -0.2) is 0 Å². The molecule has 2 aliphatic rings. The normalized spacial score (nSPS) is 25.6. The number of carbonyl (C=O) groups excluding carboxylic acids is 1. The van der Waals surface area contributed by atoms with E-state index in [-0.39, 0.29) is 11.5 Å². The summed E-state index contributed by atoms with van der Waals surface area (Å²) in [5, 5.41) is 11.4. The highest BCUT2D eigenvalue weighted by Gasteiger charge is 2.50. The zero-order chi connectivity index (χ0) is 17.8. The van der Waals surface area contributed by atoms with Crippen LogP contribution < -0.4 is 0 Å². The molecule has 4 rings (SSSR count). The number of carbonyl (C=O) groups is 1. The Hall–Kier alpha value is -2.10. The molecule has 0 spiro atoms. The first kappa shape index (κ1) is 16.4. The topological polar surface area (TPSA) is 46.5 Å². The molecule has 3 nitrogen and oxygen atoms in total. The van der Waals surface area contributed by atoms with Crippen LogP contribution in [0.1, 0.15) is 30.9 Å². The van der Waals surface area contributed by atoms with Crippen LogP contribution in [0.4, 0.5) is 0 Å². The van der Waals surface area contributed by atoms with Gasteiger partial charge in [0.15, 0.2) is 5.78 Å². The van der Waals surface area contributed by atoms with Gasteiger partial charge in [0.2, 0.25) is 0 Å². The van der Waals surface area contributed by atoms with Gasteiger partial charge in [0.05, 0.1) is 5.57 Å². The van der Waals surface area contributed by atoms with Crippen LogP contribution in [0.2, 0.25) is 5.02 Å². The highest BCUT2D eigenvalue weighted by Crippen LogP contribution is 2.45. The quantitative estimate of drug-likeness (QED) is 0.815. The van der Waals surface area contributed by atoms with E-state index in [1.54, 1.807) is 0 Å². The minimum atomic E-state index is -0.741. The van der Waals surface area contributed by atoms with Gasteiger partial charge in [0.25, 0.3) is 0 Å². The minimum absolute atomic E-state index is 0.0635. The third-order valence-electron chi connectivity index (χ3n) is 5.24. The summed E-state index contributed by atoms with van der Waals surface area (Å²) in [7, 11) is 0. The Bertz CT molecular complexity index is 898. The predicted octanol–water partition coefficient (Wildman–Crippen LogP) is 5.10. The number of aliphatic hydroxyl groups is 1. The van der Waals surface area contributed by atoms with E-state index in [0.717, 1.165) is 22.3 Å². The Kier molecular flexibility index (Phi) is 3.75. The zero-order valence-corrected chi connectivity index (χ0v) is 14.9. The van der Waals surface area contributed by atoms with Gasteiger partial charge in [-0.05, 0) is 61.1 Å². The Morgan fingerprint density at radius 1 is 1.16 bits per heavy atom. The van der Waals surface area contributed by atoms with Crippen molar-refractivity contribution in [3.8, 4) is 11.1 Å². The summed E-state index contributed by atoms with van der Waals surface area (Å²) >= 11 is 5.95. The van der Waals surface area contributed by atoms with E-state index < -0.39 is 11.7 Å². The number of hydrogen-bond donors (Lipinski definition) is 1. The average Bonchev–Trinajstić information content (AvgIpc) is 2.97. The van der Waals surface area contributed by atoms with Crippen molar-refractivity contribution in [3.63, 3.8) is 0 Å². The Morgan fingerprint density at radius 3 is 2.52 bits per heavy atom. The third-order valence-corrected chi connectivity index (χ3v) is 5.49. The number of aryl methyl sites for hydroxylation is 1. The number of hydrogen-bond acceptors (Lipinski definition) is 3. The van der Waals surface area contributed by atoms with Gasteiger partial charge in [-0.3, -0.25) is 4.79 Å². The summed E-state index contributed by atoms with van der Waals surface area (Å²) in [6.45, 7) is 3.81. The van der Waals surface area contributed by atoms with E-state index >= 15 is 0 Å². The predicted molar refractivity (Wildman–Crippen MR) is 98.7 cm³/mol. The molecule has 0 aromatic heterocycles. The van der Waals surface area contributed by atoms with Crippen LogP contribution in [-0.4, -0.2) is 22.6 Å². The number of Topliss-reactive ketones (excluding diaryl/α,β-unsaturated/α-hetero) is 1. The van der Waals surface area contributed by atoms with Gasteiger partial charge >= 0.3 is 0 Å². The number of rotatable bonds is 2. The highest BCUT2D eigenvalue weighted by atomic mass is 35.5. The lowest BCUT2D eigenvalue weighted by Crippen LogP contribution is -2.37. The van der Waals surface area contributed by atoms with E-state index in [1.807, 2.05) is 56.3 Å². The standard InChI is InChI=1S/C21H19ClO3/c1-12-11-14(13-3-6-15(22)7-4-13)5-8-16(12)18-19(23)17-9-10-21(2,25-17)20(18)24/h3-8,11,17,24H,9-10H2,1-2H3/t17-,21-/m1/s1. The number of fused-ring (bicyclic) bond motifs is 2. The van der Waals surface area contributed by atoms with E-state index in [4.69, 9.17) is 16.3 Å². The second-order valence-electron chi connectivity index (χ2n) is 7.00. The van der Waals surface area contributed by atoms with Crippen LogP contribution in [0.15, 0.2) is 48.2 Å². The minimum Gasteiger partial charge on any atom is -0.508 e. The lowest BCUT2D eigenvalue weighted by molar-refractivity contribution is -0.130. The Balaban J connectivity index is 1.79. The summed E-state index contributed by atoms with van der Waals surface area (Å²) in [6, 6.07) is 13.6. The number of halogens is 1. The van der Waals surface area contributed by atoms with Crippen molar-refractivity contribution < 1.29 is 14.6 Å². The third kappa shape index (κ3) is 2.59. The number of ketones is 1. The van der Waals surface area contributed by atoms with Crippen molar-refractivity contribution in [3.05, 3.63) is 64.4 Å². The lowest BCUT2D eigenvalue weighted by Gasteiger charge is -2.31. The molecule has 0 amide bonds. The number of benzene rings is 2. The zero-order valence-electron chi connectivity index (χ0n) is 14.2. The molecule has 0 aliphatic carbocycles. The van der Waals surface area contributed by atoms with Gasteiger partial charge in [-0.2, -0.15) is 0 Å². The fraction of sp³-hybridized carbons (Fsp3) is 0.286. The molecule has 128 valence electrons. The van der Waals surface area contributed by atoms with Crippen LogP contribution in [0.25, 0.3) is 16.7 Å². The van der Waals surface area contributed by atoms with Crippen molar-refractivity contribution in [1.82, 2.24) is 0 Å². The van der Waals surface area contributed by atoms with Crippen LogP contribution in [0.3, 0.4) is 0 Å². The molecule has 1 N–H and O–H groups in total. The first-order valence-electron chi connectivity index (χ1n) is 8.42. The Labute approximate surface area is 151 Å². The molecule has 1 fully saturated rings. The van der Waals surface area contributed by atoms with Crippen molar-refractivity contribution in [1.29, 1.82) is 0 Å². The maximum absolute atomic E-state index is 12.7. The first-order valence-corrected chi connectivity index (χ1v) is 8.79. The summed E-state index contributed by atoms with van der Waals surface area (Å²) in [5.74, 6) is -0.0524. The molecule has 1 saturated heterocycles. The van der Waals surface area contributed by atoms with Crippen molar-refractivity contribution in [2.45, 2.75) is 38.4 Å². The fourth-order valence-corrected chi connectivity index (χ4v) is 3.89. The first-order chi connectivity index (χ1) is 11.9. The Morgan fingerprint density at radius 2 is 1.84 bits per heavy atom. The number of aliphatic hydroxyl groups excluding tert-OH is 1. The summed E-state index contributed by atoms with van der Waals surface area (Å²) in [4.78, 5) is 12.7. The SMILES string of the molecule is Cc1cc(-c2ccc(Cl)cc2)ccc1C1=C(O)[C@@]2(C)CC[C@@H](O2)C1=O. The van der Waals surface area contributed by atoms with Crippen LogP contribution in [0.5, 0.6) is 0 Å². The largest absolute Gasteiger partial charge is 0.508 e. The second kappa shape index (κ2) is 5.72. The summed E-state index contributed by atoms with van der Waals surface area (Å²) in [5.41, 5.74) is 3.51. The molecule has 25 heavy (non-hydrogen) atoms. The maximum Gasteiger partial charge on any atom is 0.195 e. The molecule has 0 radical (unpaired) electrons. The molecule has 2 atom stereocenters. The lowest BCUT2D eigenvalue weighted by atomic mass is 9.88. The monoisotopic (exact) mass is 354 g/mol. The summed E-state index contributed by atoms with van der Waals surface area (Å²) in [6.07, 6.45) is 0.886. The molecule has 2 aliphatic heterocycles. The summed E-state index contributed by atoms with van der Waals surface area (Å²) < 4.78 is 5.74. The average molecular weight is 355 g/mol. The maximum atomic E-state index is 12.7. The van der Waals surface area contributed by atoms with E-state index in [9.17, 15) is 9.90 Å². The fourth-order valence-electron chi connectivity index (χ4n) is 3.77. The molecule has 2 aromatic carbocycles. The molecular formula is C21H19ClO3. The van der Waals surface area contributed by atoms with E-state index in [2.05, 4.69) is 0 Å². The van der Waals surface area contributed by atoms with Gasteiger partial charge < -0.3 is 9.84 Å². The van der Waals surface area contributed by atoms with Crippen molar-refractivity contribution in [2.24, 2.45) is 0 Å². The number of ether oxygens (including phenoxy) is 1. The van der Waals surface area contributed by atoms with Gasteiger partial charge in [-0.15, -0.1) is 0 Å². The van der Waals surface area contributed by atoms with Crippen LogP contribution >= 0.6 is 11.6 Å². The van der Waals surface area contributed by atoms with E-state index in [1.165, 1.54) is 0 Å². The van der Waals surface area contributed by atoms with Crippen LogP contribution in [-0.2, 0) is 9.53 Å². The van der Waals surface area contributed by atoms with Gasteiger partial charge in [0.1, 0.15) is 17.5 Å². The van der Waals surface area contributed by atoms with Crippen LogP contribution in [0, 0.1) is 6.92 Å². The van der Waals surface area contributed by atoms with Gasteiger partial charge in [0, 0.05) is 5.02 Å².